The zero-order valence-electron chi connectivity index (χ0n) is 9.80. The van der Waals surface area contributed by atoms with E-state index in [-0.39, 0.29) is 0 Å². The van der Waals surface area contributed by atoms with Gasteiger partial charge in [-0.2, -0.15) is 0 Å². The second-order valence-electron chi connectivity index (χ2n) is 3.85. The van der Waals surface area contributed by atoms with Gasteiger partial charge in [0.2, 0.25) is 0 Å². The van der Waals surface area contributed by atoms with Crippen molar-refractivity contribution in [3.8, 4) is 5.75 Å². The molecule has 0 fully saturated rings. The second kappa shape index (κ2) is 7.33. The standard InChI is InChI=1S/C13H18Br2O/c1-3-4-5-6-12(15)11-9-10(14)7-8-13(11)16-2/h7-9,12H,3-6H2,1-2H3. The van der Waals surface area contributed by atoms with Crippen LogP contribution < -0.4 is 4.74 Å². The van der Waals surface area contributed by atoms with Crippen LogP contribution in [0.1, 0.15) is 43.0 Å². The molecule has 1 atom stereocenters. The van der Waals surface area contributed by atoms with Crippen LogP contribution in [0.25, 0.3) is 0 Å². The van der Waals surface area contributed by atoms with Crippen LogP contribution in [-0.4, -0.2) is 7.11 Å². The first-order chi connectivity index (χ1) is 7.69. The van der Waals surface area contributed by atoms with Gasteiger partial charge in [-0.15, -0.1) is 0 Å². The van der Waals surface area contributed by atoms with Crippen molar-refractivity contribution in [3.63, 3.8) is 0 Å². The van der Waals surface area contributed by atoms with Gasteiger partial charge in [-0.1, -0.05) is 58.0 Å². The summed E-state index contributed by atoms with van der Waals surface area (Å²) in [6.45, 7) is 2.23. The summed E-state index contributed by atoms with van der Waals surface area (Å²) in [4.78, 5) is 0.381. The number of hydrogen-bond acceptors (Lipinski definition) is 1. The van der Waals surface area contributed by atoms with E-state index in [1.807, 2.05) is 12.1 Å². The van der Waals surface area contributed by atoms with Gasteiger partial charge in [-0.05, 0) is 24.6 Å². The highest BCUT2D eigenvalue weighted by atomic mass is 79.9. The fourth-order valence-corrected chi connectivity index (χ4v) is 2.74. The zero-order valence-corrected chi connectivity index (χ0v) is 13.0. The lowest BCUT2D eigenvalue weighted by molar-refractivity contribution is 0.408. The van der Waals surface area contributed by atoms with Crippen LogP contribution in [0, 0.1) is 0 Å². The number of methoxy groups -OCH3 is 1. The average Bonchev–Trinajstić information content (AvgIpc) is 2.29. The summed E-state index contributed by atoms with van der Waals surface area (Å²) in [6, 6.07) is 6.14. The van der Waals surface area contributed by atoms with Crippen molar-refractivity contribution in [2.24, 2.45) is 0 Å². The highest BCUT2D eigenvalue weighted by Crippen LogP contribution is 2.36. The lowest BCUT2D eigenvalue weighted by atomic mass is 10.1. The molecule has 0 bridgehead atoms. The lowest BCUT2D eigenvalue weighted by Gasteiger charge is -2.14. The van der Waals surface area contributed by atoms with Gasteiger partial charge >= 0.3 is 0 Å². The molecule has 0 N–H and O–H groups in total. The summed E-state index contributed by atoms with van der Waals surface area (Å²) in [5, 5.41) is 0. The van der Waals surface area contributed by atoms with Crippen LogP contribution in [0.4, 0.5) is 0 Å². The van der Waals surface area contributed by atoms with E-state index in [0.29, 0.717) is 4.83 Å². The van der Waals surface area contributed by atoms with Crippen molar-refractivity contribution in [1.29, 1.82) is 0 Å². The molecule has 0 aliphatic rings. The van der Waals surface area contributed by atoms with E-state index in [4.69, 9.17) is 4.74 Å². The maximum atomic E-state index is 5.38. The van der Waals surface area contributed by atoms with Gasteiger partial charge in [0.1, 0.15) is 5.75 Å². The minimum Gasteiger partial charge on any atom is -0.496 e. The number of rotatable bonds is 6. The number of alkyl halides is 1. The average molecular weight is 350 g/mol. The molecule has 1 unspecified atom stereocenters. The topological polar surface area (TPSA) is 9.23 Å². The number of unbranched alkanes of at least 4 members (excludes halogenated alkanes) is 2. The molecule has 0 saturated carbocycles. The Labute approximate surface area is 115 Å². The van der Waals surface area contributed by atoms with Crippen molar-refractivity contribution in [2.45, 2.75) is 37.4 Å². The van der Waals surface area contributed by atoms with Crippen molar-refractivity contribution in [2.75, 3.05) is 7.11 Å². The molecular formula is C13H18Br2O. The molecule has 0 spiro atoms. The third-order valence-electron chi connectivity index (χ3n) is 2.59. The number of hydrogen-bond donors (Lipinski definition) is 0. The molecule has 0 saturated heterocycles. The van der Waals surface area contributed by atoms with Gasteiger partial charge in [-0.3, -0.25) is 0 Å². The minimum atomic E-state index is 0.381. The summed E-state index contributed by atoms with van der Waals surface area (Å²) in [7, 11) is 1.72. The molecule has 1 aromatic rings. The smallest absolute Gasteiger partial charge is 0.123 e. The molecule has 90 valence electrons. The van der Waals surface area contributed by atoms with Crippen LogP contribution in [0.3, 0.4) is 0 Å². The first kappa shape index (κ1) is 14.0. The van der Waals surface area contributed by atoms with E-state index in [1.165, 1.54) is 24.8 Å². The highest BCUT2D eigenvalue weighted by molar-refractivity contribution is 9.10. The zero-order chi connectivity index (χ0) is 12.0. The molecular weight excluding hydrogens is 332 g/mol. The summed E-state index contributed by atoms with van der Waals surface area (Å²) in [5.74, 6) is 0.960. The fourth-order valence-electron chi connectivity index (χ4n) is 1.68. The molecule has 3 heteroatoms. The van der Waals surface area contributed by atoms with Crippen molar-refractivity contribution >= 4 is 31.9 Å². The molecule has 0 amide bonds. The Kier molecular flexibility index (Phi) is 6.44. The molecule has 0 aliphatic carbocycles. The van der Waals surface area contributed by atoms with E-state index in [1.54, 1.807) is 7.11 Å². The Hall–Kier alpha value is -0.0200. The summed E-state index contributed by atoms with van der Waals surface area (Å²) in [6.07, 6.45) is 4.95. The Morgan fingerprint density at radius 1 is 1.31 bits per heavy atom. The van der Waals surface area contributed by atoms with E-state index in [9.17, 15) is 0 Å². The van der Waals surface area contributed by atoms with Crippen LogP contribution in [-0.2, 0) is 0 Å². The first-order valence-corrected chi connectivity index (χ1v) is 7.37. The quantitative estimate of drug-likeness (QED) is 0.488. The van der Waals surface area contributed by atoms with Gasteiger partial charge in [0.15, 0.2) is 0 Å². The summed E-state index contributed by atoms with van der Waals surface area (Å²) in [5.41, 5.74) is 1.23. The maximum absolute atomic E-state index is 5.38. The maximum Gasteiger partial charge on any atom is 0.123 e. The van der Waals surface area contributed by atoms with Gasteiger partial charge in [0.25, 0.3) is 0 Å². The Morgan fingerprint density at radius 3 is 2.69 bits per heavy atom. The lowest BCUT2D eigenvalue weighted by Crippen LogP contribution is -1.95. The molecule has 1 rings (SSSR count). The fraction of sp³-hybridized carbons (Fsp3) is 0.538. The minimum absolute atomic E-state index is 0.381. The number of benzene rings is 1. The predicted octanol–water partition coefficient (Wildman–Crippen LogP) is 5.47. The van der Waals surface area contributed by atoms with E-state index >= 15 is 0 Å². The van der Waals surface area contributed by atoms with E-state index in [0.717, 1.165) is 16.6 Å². The highest BCUT2D eigenvalue weighted by Gasteiger charge is 2.13. The monoisotopic (exact) mass is 348 g/mol. The largest absolute Gasteiger partial charge is 0.496 e. The third-order valence-corrected chi connectivity index (χ3v) is 4.03. The molecule has 0 aliphatic heterocycles. The molecule has 16 heavy (non-hydrogen) atoms. The van der Waals surface area contributed by atoms with Crippen molar-refractivity contribution in [1.82, 2.24) is 0 Å². The first-order valence-electron chi connectivity index (χ1n) is 5.66. The van der Waals surface area contributed by atoms with Crippen LogP contribution >= 0.6 is 31.9 Å². The third kappa shape index (κ3) is 4.10. The van der Waals surface area contributed by atoms with Gasteiger partial charge < -0.3 is 4.74 Å². The van der Waals surface area contributed by atoms with Crippen molar-refractivity contribution < 1.29 is 4.74 Å². The SMILES string of the molecule is CCCCCC(Br)c1cc(Br)ccc1OC. The molecule has 1 aromatic carbocycles. The Morgan fingerprint density at radius 2 is 2.06 bits per heavy atom. The van der Waals surface area contributed by atoms with E-state index in [2.05, 4.69) is 44.8 Å². The Bertz CT molecular complexity index is 326. The van der Waals surface area contributed by atoms with Gasteiger partial charge in [0, 0.05) is 14.9 Å². The molecule has 0 heterocycles. The predicted molar refractivity (Wildman–Crippen MR) is 76.5 cm³/mol. The van der Waals surface area contributed by atoms with Crippen molar-refractivity contribution in [3.05, 3.63) is 28.2 Å². The van der Waals surface area contributed by atoms with Crippen LogP contribution in [0.2, 0.25) is 0 Å². The second-order valence-corrected chi connectivity index (χ2v) is 5.87. The Balaban J connectivity index is 2.72. The van der Waals surface area contributed by atoms with Gasteiger partial charge in [-0.25, -0.2) is 0 Å². The molecule has 0 radical (unpaired) electrons. The number of halogens is 2. The summed E-state index contributed by atoms with van der Waals surface area (Å²) < 4.78 is 6.48. The molecule has 0 aromatic heterocycles. The van der Waals surface area contributed by atoms with Crippen LogP contribution in [0.15, 0.2) is 22.7 Å². The normalized spacial score (nSPS) is 12.5. The summed E-state index contributed by atoms with van der Waals surface area (Å²) >= 11 is 7.24. The van der Waals surface area contributed by atoms with Gasteiger partial charge in [0.05, 0.1) is 7.11 Å². The van der Waals surface area contributed by atoms with Crippen LogP contribution in [0.5, 0.6) is 5.75 Å². The number of ether oxygens (including phenoxy) is 1. The van der Waals surface area contributed by atoms with E-state index < -0.39 is 0 Å². The molecule has 1 nitrogen and oxygen atoms in total.